The minimum absolute atomic E-state index is 0.0876. The van der Waals surface area contributed by atoms with Crippen molar-refractivity contribution in [1.29, 1.82) is 0 Å². The van der Waals surface area contributed by atoms with Crippen molar-refractivity contribution in [2.24, 2.45) is 5.73 Å². The Bertz CT molecular complexity index is 523. The molecule has 0 spiro atoms. The highest BCUT2D eigenvalue weighted by Crippen LogP contribution is 2.22. The molecule has 1 amide bonds. The van der Waals surface area contributed by atoms with Gasteiger partial charge in [0.1, 0.15) is 11.3 Å². The third-order valence-electron chi connectivity index (χ3n) is 2.11. The molecule has 2 rings (SSSR count). The summed E-state index contributed by atoms with van der Waals surface area (Å²) < 4.78 is 0. The smallest absolute Gasteiger partial charge is 0.223 e. The van der Waals surface area contributed by atoms with Gasteiger partial charge in [0.25, 0.3) is 0 Å². The molecular formula is C11H10N2O2. The molecule has 0 atom stereocenters. The number of hydrogen-bond acceptors (Lipinski definition) is 3. The monoisotopic (exact) mass is 202 g/mol. The number of nitrogens with two attached hydrogens (primary N) is 1. The summed E-state index contributed by atoms with van der Waals surface area (Å²) in [5.41, 5.74) is 6.13. The number of rotatable bonds is 2. The van der Waals surface area contributed by atoms with Crippen LogP contribution in [0.25, 0.3) is 10.9 Å². The lowest BCUT2D eigenvalue weighted by Gasteiger charge is -2.02. The zero-order chi connectivity index (χ0) is 10.8. The molecule has 0 aliphatic rings. The zero-order valence-corrected chi connectivity index (χ0v) is 7.97. The van der Waals surface area contributed by atoms with E-state index in [4.69, 9.17) is 5.73 Å². The van der Waals surface area contributed by atoms with Crippen LogP contribution in [0.2, 0.25) is 0 Å². The lowest BCUT2D eigenvalue weighted by atomic mass is 10.1. The van der Waals surface area contributed by atoms with E-state index in [2.05, 4.69) is 4.98 Å². The summed E-state index contributed by atoms with van der Waals surface area (Å²) in [6.45, 7) is 0. The van der Waals surface area contributed by atoms with E-state index < -0.39 is 5.91 Å². The predicted octanol–water partition coefficient (Wildman–Crippen LogP) is 0.968. The molecule has 1 aromatic carbocycles. The molecule has 1 heterocycles. The fourth-order valence-electron chi connectivity index (χ4n) is 1.45. The Kier molecular flexibility index (Phi) is 2.25. The zero-order valence-electron chi connectivity index (χ0n) is 7.97. The van der Waals surface area contributed by atoms with Gasteiger partial charge in [-0.25, -0.2) is 4.98 Å². The number of hydrogen-bond donors (Lipinski definition) is 2. The summed E-state index contributed by atoms with van der Waals surface area (Å²) in [5.74, 6) is -0.323. The number of aromatic hydroxyl groups is 1. The first-order chi connectivity index (χ1) is 7.16. The molecule has 2 aromatic rings. The lowest BCUT2D eigenvalue weighted by Crippen LogP contribution is -2.14. The SMILES string of the molecule is NC(=O)Cc1ccc2cccc(O)c2n1. The summed E-state index contributed by atoms with van der Waals surface area (Å²) >= 11 is 0. The second kappa shape index (κ2) is 3.57. The van der Waals surface area contributed by atoms with Gasteiger partial charge in [0.05, 0.1) is 12.1 Å². The fraction of sp³-hybridized carbons (Fsp3) is 0.0909. The van der Waals surface area contributed by atoms with Crippen LogP contribution in [0.1, 0.15) is 5.69 Å². The number of amides is 1. The van der Waals surface area contributed by atoms with Gasteiger partial charge in [0.2, 0.25) is 5.91 Å². The Morgan fingerprint density at radius 1 is 1.33 bits per heavy atom. The van der Waals surface area contributed by atoms with Crippen LogP contribution in [0.4, 0.5) is 0 Å². The number of phenolic OH excluding ortho intramolecular Hbond substituents is 1. The van der Waals surface area contributed by atoms with E-state index in [9.17, 15) is 9.90 Å². The molecule has 0 saturated heterocycles. The normalized spacial score (nSPS) is 10.4. The average molecular weight is 202 g/mol. The Labute approximate surface area is 86.4 Å². The average Bonchev–Trinajstić information content (AvgIpc) is 2.18. The first-order valence-corrected chi connectivity index (χ1v) is 4.53. The molecule has 0 aliphatic carbocycles. The molecule has 76 valence electrons. The summed E-state index contributed by atoms with van der Waals surface area (Å²) in [5, 5.41) is 10.4. The lowest BCUT2D eigenvalue weighted by molar-refractivity contribution is -0.117. The largest absolute Gasteiger partial charge is 0.506 e. The number of aromatic nitrogens is 1. The quantitative estimate of drug-likeness (QED) is 0.761. The Hall–Kier alpha value is -2.10. The topological polar surface area (TPSA) is 76.2 Å². The van der Waals surface area contributed by atoms with Crippen LogP contribution >= 0.6 is 0 Å². The number of phenols is 1. The Balaban J connectivity index is 2.54. The number of primary amides is 1. The van der Waals surface area contributed by atoms with Gasteiger partial charge in [-0.1, -0.05) is 18.2 Å². The van der Waals surface area contributed by atoms with Gasteiger partial charge in [-0.3, -0.25) is 4.79 Å². The van der Waals surface area contributed by atoms with Crippen LogP contribution in [0.15, 0.2) is 30.3 Å². The van der Waals surface area contributed by atoms with E-state index in [-0.39, 0.29) is 12.2 Å². The van der Waals surface area contributed by atoms with Crippen molar-refractivity contribution < 1.29 is 9.90 Å². The van der Waals surface area contributed by atoms with Gasteiger partial charge in [-0.05, 0) is 12.1 Å². The van der Waals surface area contributed by atoms with E-state index in [1.807, 2.05) is 6.07 Å². The van der Waals surface area contributed by atoms with Crippen molar-refractivity contribution in [2.75, 3.05) is 0 Å². The van der Waals surface area contributed by atoms with E-state index in [0.29, 0.717) is 11.2 Å². The molecule has 4 heteroatoms. The van der Waals surface area contributed by atoms with Crippen LogP contribution in [-0.2, 0) is 11.2 Å². The summed E-state index contributed by atoms with van der Waals surface area (Å²) in [7, 11) is 0. The maximum atomic E-state index is 10.7. The second-order valence-corrected chi connectivity index (χ2v) is 3.29. The predicted molar refractivity (Wildman–Crippen MR) is 56.3 cm³/mol. The number of carbonyl (C=O) groups excluding carboxylic acids is 1. The third-order valence-corrected chi connectivity index (χ3v) is 2.11. The van der Waals surface area contributed by atoms with Crippen molar-refractivity contribution in [2.45, 2.75) is 6.42 Å². The van der Waals surface area contributed by atoms with Crippen LogP contribution < -0.4 is 5.73 Å². The maximum Gasteiger partial charge on any atom is 0.223 e. The van der Waals surface area contributed by atoms with Crippen molar-refractivity contribution >= 4 is 16.8 Å². The summed E-state index contributed by atoms with van der Waals surface area (Å²) in [6, 6.07) is 8.68. The minimum Gasteiger partial charge on any atom is -0.506 e. The summed E-state index contributed by atoms with van der Waals surface area (Å²) in [6.07, 6.45) is 0.0876. The highest BCUT2D eigenvalue weighted by atomic mass is 16.3. The molecular weight excluding hydrogens is 192 g/mol. The van der Waals surface area contributed by atoms with Gasteiger partial charge < -0.3 is 10.8 Å². The van der Waals surface area contributed by atoms with Gasteiger partial charge in [-0.2, -0.15) is 0 Å². The molecule has 4 nitrogen and oxygen atoms in total. The van der Waals surface area contributed by atoms with Gasteiger partial charge >= 0.3 is 0 Å². The molecule has 3 N–H and O–H groups in total. The maximum absolute atomic E-state index is 10.7. The minimum atomic E-state index is -0.433. The van der Waals surface area contributed by atoms with Gasteiger partial charge in [0, 0.05) is 5.39 Å². The van der Waals surface area contributed by atoms with Crippen LogP contribution in [0.3, 0.4) is 0 Å². The number of carbonyl (C=O) groups is 1. The number of fused-ring (bicyclic) bond motifs is 1. The second-order valence-electron chi connectivity index (χ2n) is 3.29. The highest BCUT2D eigenvalue weighted by molar-refractivity contribution is 5.85. The van der Waals surface area contributed by atoms with E-state index >= 15 is 0 Å². The fourth-order valence-corrected chi connectivity index (χ4v) is 1.45. The number of para-hydroxylation sites is 1. The molecule has 0 fully saturated rings. The highest BCUT2D eigenvalue weighted by Gasteiger charge is 2.04. The van der Waals surface area contributed by atoms with Crippen molar-refractivity contribution in [1.82, 2.24) is 4.98 Å². The van der Waals surface area contributed by atoms with E-state index in [1.165, 1.54) is 0 Å². The molecule has 0 bridgehead atoms. The van der Waals surface area contributed by atoms with E-state index in [1.54, 1.807) is 24.3 Å². The van der Waals surface area contributed by atoms with Crippen molar-refractivity contribution in [3.63, 3.8) is 0 Å². The van der Waals surface area contributed by atoms with Crippen molar-refractivity contribution in [3.8, 4) is 5.75 Å². The molecule has 15 heavy (non-hydrogen) atoms. The molecule has 0 unspecified atom stereocenters. The third kappa shape index (κ3) is 1.88. The van der Waals surface area contributed by atoms with E-state index in [0.717, 1.165) is 5.39 Å². The standard InChI is InChI=1S/C11H10N2O2/c12-10(15)6-8-5-4-7-2-1-3-9(14)11(7)13-8/h1-5,14H,6H2,(H2,12,15). The molecule has 0 radical (unpaired) electrons. The molecule has 0 saturated carbocycles. The van der Waals surface area contributed by atoms with Crippen LogP contribution in [-0.4, -0.2) is 16.0 Å². The first kappa shape index (κ1) is 9.45. The Morgan fingerprint density at radius 3 is 2.87 bits per heavy atom. The van der Waals surface area contributed by atoms with Gasteiger partial charge in [0.15, 0.2) is 0 Å². The van der Waals surface area contributed by atoms with Crippen LogP contribution in [0, 0.1) is 0 Å². The van der Waals surface area contributed by atoms with Crippen LogP contribution in [0.5, 0.6) is 5.75 Å². The van der Waals surface area contributed by atoms with Crippen molar-refractivity contribution in [3.05, 3.63) is 36.0 Å². The first-order valence-electron chi connectivity index (χ1n) is 4.53. The Morgan fingerprint density at radius 2 is 2.13 bits per heavy atom. The molecule has 0 aliphatic heterocycles. The summed E-state index contributed by atoms with van der Waals surface area (Å²) in [4.78, 5) is 14.9. The number of benzene rings is 1. The molecule has 1 aromatic heterocycles. The van der Waals surface area contributed by atoms with Gasteiger partial charge in [-0.15, -0.1) is 0 Å². The number of nitrogens with zero attached hydrogens (tertiary/aromatic N) is 1. The number of pyridine rings is 1.